The van der Waals surface area contributed by atoms with Gasteiger partial charge >= 0.3 is 0 Å². The van der Waals surface area contributed by atoms with Crippen LogP contribution < -0.4 is 5.73 Å². The molecule has 0 aromatic carbocycles. The van der Waals surface area contributed by atoms with Crippen LogP contribution >= 0.6 is 0 Å². The molecule has 1 unspecified atom stereocenters. The summed E-state index contributed by atoms with van der Waals surface area (Å²) in [5.74, 6) is 0.673. The summed E-state index contributed by atoms with van der Waals surface area (Å²) in [5.41, 5.74) is 5.79. The minimum absolute atomic E-state index is 0.0421. The van der Waals surface area contributed by atoms with Crippen molar-refractivity contribution in [3.8, 4) is 0 Å². The second-order valence-corrected chi connectivity index (χ2v) is 11.5. The van der Waals surface area contributed by atoms with E-state index in [0.717, 1.165) is 18.3 Å². The molecule has 4 aliphatic carbocycles. The fourth-order valence-corrected chi connectivity index (χ4v) is 9.03. The summed E-state index contributed by atoms with van der Waals surface area (Å²) < 4.78 is 0. The maximum Gasteiger partial charge on any atom is 0.217 e. The lowest BCUT2D eigenvalue weighted by atomic mass is 9.44. The summed E-state index contributed by atoms with van der Waals surface area (Å²) in [5, 5.41) is 22.2. The summed E-state index contributed by atoms with van der Waals surface area (Å²) >= 11 is 0. The van der Waals surface area contributed by atoms with Gasteiger partial charge < -0.3 is 15.9 Å². The van der Waals surface area contributed by atoms with Gasteiger partial charge in [0.1, 0.15) is 0 Å². The Morgan fingerprint density at radius 3 is 2.50 bits per heavy atom. The lowest BCUT2D eigenvalue weighted by molar-refractivity contribution is -0.211. The first-order valence-electron chi connectivity index (χ1n) is 11.8. The van der Waals surface area contributed by atoms with Crippen LogP contribution in [-0.2, 0) is 4.79 Å². The maximum absolute atomic E-state index is 11.3. The summed E-state index contributed by atoms with van der Waals surface area (Å²) in [6.45, 7) is 6.97. The van der Waals surface area contributed by atoms with Gasteiger partial charge in [-0.3, -0.25) is 4.79 Å². The molecule has 0 spiro atoms. The van der Waals surface area contributed by atoms with Crippen molar-refractivity contribution in [1.29, 1.82) is 0 Å². The normalized spacial score (nSPS) is 48.2. The van der Waals surface area contributed by atoms with Gasteiger partial charge in [-0.2, -0.15) is 0 Å². The average Bonchev–Trinajstić information content (AvgIpc) is 2.84. The van der Waals surface area contributed by atoms with Crippen LogP contribution in [0.4, 0.5) is 0 Å². The third kappa shape index (κ3) is 3.05. The minimum atomic E-state index is -1.62. The van der Waals surface area contributed by atoms with E-state index in [2.05, 4.69) is 20.8 Å². The second kappa shape index (κ2) is 6.97. The van der Waals surface area contributed by atoms with Gasteiger partial charge in [-0.15, -0.1) is 0 Å². The number of hydrogen-bond donors (Lipinski definition) is 3. The molecule has 0 heterocycles. The van der Waals surface area contributed by atoms with E-state index in [9.17, 15) is 15.0 Å². The molecular formula is C24H41NO3. The SMILES string of the molecule is C[C@H](CCC(N)=O)[C@H]1C(O)(O)C[C@H]2[C@@H]3CCC4CCCC[C@]4(C)[C@H]3CC[C@@]21C. The van der Waals surface area contributed by atoms with Crippen molar-refractivity contribution in [2.45, 2.75) is 97.2 Å². The number of primary amides is 1. The number of nitrogens with two attached hydrogens (primary N) is 1. The van der Waals surface area contributed by atoms with Gasteiger partial charge in [-0.1, -0.05) is 33.6 Å². The molecule has 0 aromatic rings. The van der Waals surface area contributed by atoms with E-state index in [1.807, 2.05) is 0 Å². The molecule has 4 fully saturated rings. The quantitative estimate of drug-likeness (QED) is 0.627. The summed E-state index contributed by atoms with van der Waals surface area (Å²) in [6, 6.07) is 0. The summed E-state index contributed by atoms with van der Waals surface area (Å²) in [4.78, 5) is 11.3. The Kier molecular flexibility index (Phi) is 5.14. The second-order valence-electron chi connectivity index (χ2n) is 11.5. The van der Waals surface area contributed by atoms with Crippen LogP contribution in [0.1, 0.15) is 91.4 Å². The highest BCUT2D eigenvalue weighted by molar-refractivity contribution is 5.73. The number of hydrogen-bond acceptors (Lipinski definition) is 3. The van der Waals surface area contributed by atoms with Crippen LogP contribution in [0.25, 0.3) is 0 Å². The average molecular weight is 392 g/mol. The predicted octanol–water partition coefficient (Wildman–Crippen LogP) is 4.23. The molecule has 4 nitrogen and oxygen atoms in total. The predicted molar refractivity (Wildman–Crippen MR) is 110 cm³/mol. The first-order chi connectivity index (χ1) is 13.1. The van der Waals surface area contributed by atoms with Crippen LogP contribution in [0.15, 0.2) is 0 Å². The fraction of sp³-hybridized carbons (Fsp3) is 0.958. The van der Waals surface area contributed by atoms with Gasteiger partial charge in [-0.05, 0) is 85.4 Å². The number of fused-ring (bicyclic) bond motifs is 5. The third-order valence-electron chi connectivity index (χ3n) is 10.2. The Balaban J connectivity index is 1.60. The lowest BCUT2D eigenvalue weighted by Crippen LogP contribution is -2.53. The number of rotatable bonds is 4. The molecule has 0 aliphatic heterocycles. The highest BCUT2D eigenvalue weighted by atomic mass is 16.5. The first-order valence-corrected chi connectivity index (χ1v) is 11.8. The molecule has 4 rings (SSSR count). The molecule has 160 valence electrons. The zero-order valence-electron chi connectivity index (χ0n) is 18.1. The molecule has 1 amide bonds. The van der Waals surface area contributed by atoms with E-state index < -0.39 is 5.79 Å². The van der Waals surface area contributed by atoms with Crippen LogP contribution in [0, 0.1) is 46.3 Å². The fourth-order valence-electron chi connectivity index (χ4n) is 9.03. The Morgan fingerprint density at radius 1 is 1.04 bits per heavy atom. The van der Waals surface area contributed by atoms with Crippen molar-refractivity contribution >= 4 is 5.91 Å². The van der Waals surface area contributed by atoms with Gasteiger partial charge in [0.15, 0.2) is 5.79 Å². The molecule has 0 radical (unpaired) electrons. The van der Waals surface area contributed by atoms with Gasteiger partial charge in [0.05, 0.1) is 0 Å². The minimum Gasteiger partial charge on any atom is -0.370 e. The molecule has 4 saturated carbocycles. The molecular weight excluding hydrogens is 350 g/mol. The standard InChI is InChI=1S/C24H41NO3/c1-15(7-10-20(25)26)21-23(3)13-11-18-17(19(23)14-24(21,27)28)9-8-16-6-4-5-12-22(16,18)2/h15-19,21,27-28H,4-14H2,1-3H3,(H2,25,26)/t15-,16?,17-,18+,19+,21-,22+,23+/m1/s1. The molecule has 28 heavy (non-hydrogen) atoms. The van der Waals surface area contributed by atoms with E-state index in [0.29, 0.717) is 36.5 Å². The topological polar surface area (TPSA) is 83.6 Å². The van der Waals surface area contributed by atoms with Crippen molar-refractivity contribution in [3.63, 3.8) is 0 Å². The van der Waals surface area contributed by atoms with Crippen molar-refractivity contribution in [2.75, 3.05) is 0 Å². The highest BCUT2D eigenvalue weighted by Gasteiger charge is 2.66. The number of aliphatic hydroxyl groups is 2. The molecule has 4 aliphatic rings. The van der Waals surface area contributed by atoms with Crippen LogP contribution in [-0.4, -0.2) is 21.9 Å². The zero-order chi connectivity index (χ0) is 20.3. The Labute approximate surface area is 170 Å². The van der Waals surface area contributed by atoms with Crippen LogP contribution in [0.2, 0.25) is 0 Å². The van der Waals surface area contributed by atoms with E-state index in [1.165, 1.54) is 44.9 Å². The summed E-state index contributed by atoms with van der Waals surface area (Å²) in [6.07, 6.45) is 12.0. The Morgan fingerprint density at radius 2 is 1.79 bits per heavy atom. The van der Waals surface area contributed by atoms with E-state index >= 15 is 0 Å². The summed E-state index contributed by atoms with van der Waals surface area (Å²) in [7, 11) is 0. The monoisotopic (exact) mass is 391 g/mol. The van der Waals surface area contributed by atoms with Gasteiger partial charge in [0.2, 0.25) is 5.91 Å². The first kappa shape index (κ1) is 20.7. The molecule has 0 bridgehead atoms. The molecule has 8 atom stereocenters. The lowest BCUT2D eigenvalue weighted by Gasteiger charge is -2.60. The van der Waals surface area contributed by atoms with Crippen molar-refractivity contribution < 1.29 is 15.0 Å². The Hall–Kier alpha value is -0.610. The molecule has 4 heteroatoms. The zero-order valence-corrected chi connectivity index (χ0v) is 18.1. The van der Waals surface area contributed by atoms with Gasteiger partial charge in [0, 0.05) is 18.8 Å². The van der Waals surface area contributed by atoms with E-state index in [-0.39, 0.29) is 23.2 Å². The van der Waals surface area contributed by atoms with Crippen molar-refractivity contribution in [2.24, 2.45) is 52.1 Å². The van der Waals surface area contributed by atoms with Gasteiger partial charge in [0.25, 0.3) is 0 Å². The van der Waals surface area contributed by atoms with Crippen LogP contribution in [0.5, 0.6) is 0 Å². The van der Waals surface area contributed by atoms with Crippen molar-refractivity contribution in [3.05, 3.63) is 0 Å². The van der Waals surface area contributed by atoms with Crippen LogP contribution in [0.3, 0.4) is 0 Å². The third-order valence-corrected chi connectivity index (χ3v) is 10.2. The van der Waals surface area contributed by atoms with E-state index in [4.69, 9.17) is 5.73 Å². The Bertz CT molecular complexity index is 619. The molecule has 0 saturated heterocycles. The number of amides is 1. The largest absolute Gasteiger partial charge is 0.370 e. The molecule has 4 N–H and O–H groups in total. The van der Waals surface area contributed by atoms with Crippen molar-refractivity contribution in [1.82, 2.24) is 0 Å². The maximum atomic E-state index is 11.3. The smallest absolute Gasteiger partial charge is 0.217 e. The molecule has 0 aromatic heterocycles. The number of carbonyl (C=O) groups is 1. The highest BCUT2D eigenvalue weighted by Crippen LogP contribution is 2.69. The number of carbonyl (C=O) groups excluding carboxylic acids is 1. The van der Waals surface area contributed by atoms with E-state index in [1.54, 1.807) is 0 Å². The van der Waals surface area contributed by atoms with Gasteiger partial charge in [-0.25, -0.2) is 0 Å².